The molecular weight excluding hydrogens is 582 g/mol. The third kappa shape index (κ3) is 178. The Balaban J connectivity index is -0.0000000102. The predicted octanol–water partition coefficient (Wildman–Crippen LogP) is 1.62. The van der Waals surface area contributed by atoms with E-state index in [2.05, 4.69) is 94.2 Å². The van der Waals surface area contributed by atoms with Crippen LogP contribution in [-0.2, 0) is 88.7 Å². The maximum atomic E-state index is 7.50. The molecule has 0 rings (SSSR count). The van der Waals surface area contributed by atoms with Crippen molar-refractivity contribution >= 4 is 0 Å². The first kappa shape index (κ1) is 87.7. The summed E-state index contributed by atoms with van der Waals surface area (Å²) in [6.07, 6.45) is 0. The Morgan fingerprint density at radius 1 is 0.355 bits per heavy atom. The van der Waals surface area contributed by atoms with Crippen molar-refractivity contribution in [2.75, 3.05) is 26.2 Å². The second-order valence-corrected chi connectivity index (χ2v) is 2.61. The average Bonchev–Trinajstić information content (AvgIpc) is 2.93. The maximum absolute atomic E-state index is 7.50. The van der Waals surface area contributed by atoms with Gasteiger partial charge in [0, 0.05) is 42.1 Å². The van der Waals surface area contributed by atoms with Gasteiger partial charge in [0.15, 0.2) is 0 Å². The smallest absolute Gasteiger partial charge is 0 e. The van der Waals surface area contributed by atoms with Crippen LogP contribution in [0.15, 0.2) is 0 Å². The topological polar surface area (TPSA) is 199 Å². The molecule has 0 aromatic carbocycles. The molecule has 0 amide bonds. The molecule has 0 radical (unpaired) electrons. The van der Waals surface area contributed by atoms with Crippen LogP contribution < -0.4 is 0 Å². The minimum Gasteiger partial charge on any atom is -1.00 e. The SMILES string of the molecule is CC[N+](CC)(CC)CC.[C-]#[O+].[C-]#[O+].[C-]#[O+].[C-]#[O+].[C-]#[O+].[C-]#[O+].[C-]#[O+].[C-]#[O+].[C-]#[O+].[C-]#[O+].[H-].[Mo].[Mo]. The van der Waals surface area contributed by atoms with E-state index < -0.39 is 0 Å². The first-order valence-electron chi connectivity index (χ1n) is 6.13. The van der Waals surface area contributed by atoms with E-state index in [0.29, 0.717) is 0 Å². The van der Waals surface area contributed by atoms with Crippen LogP contribution in [0.5, 0.6) is 0 Å². The number of quaternary nitrogens is 1. The van der Waals surface area contributed by atoms with Crippen LogP contribution in [-0.4, -0.2) is 30.7 Å². The van der Waals surface area contributed by atoms with Crippen LogP contribution in [0, 0.1) is 66.5 Å². The van der Waals surface area contributed by atoms with Crippen molar-refractivity contribution in [2.45, 2.75) is 27.7 Å². The van der Waals surface area contributed by atoms with Gasteiger partial charge < -0.3 is 5.91 Å². The molecule has 0 aliphatic carbocycles. The second-order valence-electron chi connectivity index (χ2n) is 2.61. The van der Waals surface area contributed by atoms with Crippen molar-refractivity contribution < 1.29 is 94.6 Å². The van der Waals surface area contributed by atoms with E-state index in [0.717, 1.165) is 0 Å². The van der Waals surface area contributed by atoms with Gasteiger partial charge in [0.2, 0.25) is 0 Å². The van der Waals surface area contributed by atoms with Crippen LogP contribution in [0.4, 0.5) is 0 Å². The normalized spacial score (nSPS) is 4.13. The third-order valence-electron chi connectivity index (χ3n) is 2.68. The molecule has 0 aromatic heterocycles. The molecule has 11 nitrogen and oxygen atoms in total. The van der Waals surface area contributed by atoms with Gasteiger partial charge in [0.25, 0.3) is 0 Å². The molecule has 0 N–H and O–H groups in total. The predicted molar refractivity (Wildman–Crippen MR) is 82.8 cm³/mol. The summed E-state index contributed by atoms with van der Waals surface area (Å²) < 4.78 is 76.3. The van der Waals surface area contributed by atoms with E-state index in [1.165, 1.54) is 30.7 Å². The van der Waals surface area contributed by atoms with Crippen molar-refractivity contribution in [2.24, 2.45) is 0 Å². The van der Waals surface area contributed by atoms with E-state index in [-0.39, 0.29) is 43.6 Å². The minimum absolute atomic E-state index is 0. The molecule has 0 saturated carbocycles. The van der Waals surface area contributed by atoms with Gasteiger partial charge in [0.05, 0.1) is 26.2 Å². The summed E-state index contributed by atoms with van der Waals surface area (Å²) in [5.41, 5.74) is 0. The average molecular weight is 603 g/mol. The van der Waals surface area contributed by atoms with E-state index >= 15 is 0 Å². The number of hydrogen-bond acceptors (Lipinski definition) is 0. The second kappa shape index (κ2) is 290. The van der Waals surface area contributed by atoms with Gasteiger partial charge in [-0.05, 0) is 27.7 Å². The zero-order chi connectivity index (χ0) is 27.3. The molecule has 0 aliphatic heterocycles. The Labute approximate surface area is 214 Å². The molecule has 0 aromatic rings. The van der Waals surface area contributed by atoms with Crippen molar-refractivity contribution in [1.29, 1.82) is 0 Å². The van der Waals surface area contributed by atoms with E-state index in [9.17, 15) is 0 Å². The van der Waals surface area contributed by atoms with Crippen molar-refractivity contribution in [3.63, 3.8) is 0 Å². The Kier molecular flexibility index (Phi) is 819. The molecule has 0 fully saturated rings. The van der Waals surface area contributed by atoms with Crippen LogP contribution in [0.3, 0.4) is 0 Å². The molecular formula is C18H21Mo2NO10. The fourth-order valence-electron chi connectivity index (χ4n) is 1.34. The van der Waals surface area contributed by atoms with Crippen molar-refractivity contribution in [3.05, 3.63) is 66.5 Å². The fraction of sp³-hybridized carbons (Fsp3) is 0.444. The van der Waals surface area contributed by atoms with Crippen molar-refractivity contribution in [1.82, 2.24) is 0 Å². The largest absolute Gasteiger partial charge is 1.00 e. The molecule has 0 bridgehead atoms. The van der Waals surface area contributed by atoms with Crippen LogP contribution in [0.2, 0.25) is 0 Å². The summed E-state index contributed by atoms with van der Waals surface area (Å²) in [5.74, 6) is 0. The monoisotopic (exact) mass is 607 g/mol. The number of nitrogens with zero attached hydrogens (tertiary/aromatic N) is 1. The van der Waals surface area contributed by atoms with Gasteiger partial charge in [-0.25, -0.2) is 0 Å². The summed E-state index contributed by atoms with van der Waals surface area (Å²) >= 11 is 0. The zero-order valence-corrected chi connectivity index (χ0v) is 21.2. The molecule has 0 saturated heterocycles. The van der Waals surface area contributed by atoms with Crippen LogP contribution in [0.25, 0.3) is 0 Å². The molecule has 0 unspecified atom stereocenters. The molecule has 0 spiro atoms. The first-order chi connectivity index (χ1) is 14.2. The maximum Gasteiger partial charge on any atom is 0 e. The Morgan fingerprint density at radius 3 is 0.419 bits per heavy atom. The summed E-state index contributed by atoms with van der Waals surface area (Å²) in [4.78, 5) is 0. The first-order valence-corrected chi connectivity index (χ1v) is 6.13. The summed E-state index contributed by atoms with van der Waals surface area (Å²) in [6, 6.07) is 0. The zero-order valence-electron chi connectivity index (χ0n) is 18.2. The molecule has 0 heterocycles. The molecule has 13 heteroatoms. The van der Waals surface area contributed by atoms with E-state index in [4.69, 9.17) is 46.5 Å². The summed E-state index contributed by atoms with van der Waals surface area (Å²) in [5, 5.41) is 0. The Hall–Kier alpha value is -1.26. The van der Waals surface area contributed by atoms with Gasteiger partial charge in [-0.1, -0.05) is 0 Å². The van der Waals surface area contributed by atoms with Gasteiger partial charge in [-0.3, -0.25) is 0 Å². The van der Waals surface area contributed by atoms with Gasteiger partial charge >= 0.3 is 113 Å². The summed E-state index contributed by atoms with van der Waals surface area (Å²) in [6.45, 7) is 59.2. The molecule has 0 atom stereocenters. The van der Waals surface area contributed by atoms with Gasteiger partial charge in [-0.15, -0.1) is 0 Å². The number of rotatable bonds is 4. The minimum atomic E-state index is 0. The van der Waals surface area contributed by atoms with Gasteiger partial charge in [0.1, 0.15) is 0 Å². The van der Waals surface area contributed by atoms with Crippen LogP contribution >= 0.6 is 0 Å². The third-order valence-corrected chi connectivity index (χ3v) is 2.68. The van der Waals surface area contributed by atoms with Gasteiger partial charge in [-0.2, -0.15) is 0 Å². The molecule has 31 heavy (non-hydrogen) atoms. The quantitative estimate of drug-likeness (QED) is 0.195. The standard InChI is InChI=1S/C8H20N.10CO.2Mo.H/c1-5-9(6-2,7-3)8-4;10*1-2;;;/h5-8H2,1-4H3;;;;;;;;;;;;;/q+1;;;;;;;;;;;;;-1. The van der Waals surface area contributed by atoms with Crippen LogP contribution in [0.1, 0.15) is 29.1 Å². The molecule has 170 valence electrons. The van der Waals surface area contributed by atoms with E-state index in [1.54, 1.807) is 0 Å². The fourth-order valence-corrected chi connectivity index (χ4v) is 1.34. The Morgan fingerprint density at radius 2 is 0.419 bits per heavy atom. The molecule has 0 aliphatic rings. The number of hydrogen-bond donors (Lipinski definition) is 0. The van der Waals surface area contributed by atoms with E-state index in [1.807, 2.05) is 0 Å². The Bertz CT molecular complexity index is 305. The summed E-state index contributed by atoms with van der Waals surface area (Å²) in [7, 11) is 0. The van der Waals surface area contributed by atoms with Crippen molar-refractivity contribution in [3.8, 4) is 0 Å².